The highest BCUT2D eigenvalue weighted by Gasteiger charge is 2.64. The monoisotopic (exact) mass is 456 g/mol. The number of carbonyl (C=O) groups is 2. The molecule has 3 unspecified atom stereocenters. The Bertz CT molecular complexity index is 694. The van der Waals surface area contributed by atoms with Gasteiger partial charge in [0.2, 0.25) is 0 Å². The second kappa shape index (κ2) is 6.96. The fraction of sp³-hybridized carbons (Fsp3) is 0.810. The van der Waals surface area contributed by atoms with E-state index in [2.05, 4.69) is 22.9 Å². The highest BCUT2D eigenvalue weighted by molar-refractivity contribution is 9.10. The van der Waals surface area contributed by atoms with Crippen molar-refractivity contribution in [2.45, 2.75) is 68.6 Å². The molecule has 4 aliphatic rings. The fourth-order valence-electron chi connectivity index (χ4n) is 6.80. The van der Waals surface area contributed by atoms with Gasteiger partial charge in [-0.2, -0.15) is 0 Å². The van der Waals surface area contributed by atoms with Gasteiger partial charge in [-0.15, -0.1) is 0 Å². The average molecular weight is 457 g/mol. The SMILES string of the molecule is CC(=O)S[C@H]1CC[C@@]2(C)C(=C[C@H](O)C3C4C[C@@H](Br)C(=O)[C@@]4(CO)CCC32)C1. The summed E-state index contributed by atoms with van der Waals surface area (Å²) in [6.07, 6.45) is 6.69. The number of carbonyl (C=O) groups excluding carboxylic acids is 2. The van der Waals surface area contributed by atoms with E-state index in [1.54, 1.807) is 6.92 Å². The van der Waals surface area contributed by atoms with E-state index in [4.69, 9.17) is 0 Å². The second-order valence-corrected chi connectivity index (χ2v) is 11.9. The lowest BCUT2D eigenvalue weighted by Crippen LogP contribution is -2.56. The van der Waals surface area contributed by atoms with Crippen molar-refractivity contribution in [3.8, 4) is 0 Å². The zero-order chi connectivity index (χ0) is 19.6. The molecule has 2 N–H and O–H groups in total. The molecule has 4 nitrogen and oxygen atoms in total. The summed E-state index contributed by atoms with van der Waals surface area (Å²) in [5, 5.41) is 21.7. The fourth-order valence-corrected chi connectivity index (χ4v) is 8.63. The van der Waals surface area contributed by atoms with Crippen LogP contribution in [0.1, 0.15) is 52.4 Å². The summed E-state index contributed by atoms with van der Waals surface area (Å²) < 4.78 is 0. The van der Waals surface area contributed by atoms with Gasteiger partial charge in [0, 0.05) is 12.2 Å². The minimum absolute atomic E-state index is 0.0307. The van der Waals surface area contributed by atoms with Crippen molar-refractivity contribution in [2.75, 3.05) is 6.61 Å². The Hall–Kier alpha value is -0.170. The molecule has 0 aromatic heterocycles. The summed E-state index contributed by atoms with van der Waals surface area (Å²) in [5.74, 6) is 0.531. The first-order chi connectivity index (χ1) is 12.7. The topological polar surface area (TPSA) is 74.6 Å². The van der Waals surface area contributed by atoms with E-state index in [9.17, 15) is 19.8 Å². The van der Waals surface area contributed by atoms with Gasteiger partial charge in [-0.1, -0.05) is 46.3 Å². The molecule has 0 aliphatic heterocycles. The number of hydrogen-bond acceptors (Lipinski definition) is 5. The van der Waals surface area contributed by atoms with Crippen LogP contribution < -0.4 is 0 Å². The molecule has 27 heavy (non-hydrogen) atoms. The summed E-state index contributed by atoms with van der Waals surface area (Å²) in [6.45, 7) is 3.84. The molecule has 0 aromatic carbocycles. The van der Waals surface area contributed by atoms with E-state index in [0.29, 0.717) is 17.6 Å². The minimum atomic E-state index is -0.681. The highest BCUT2D eigenvalue weighted by Crippen LogP contribution is 2.65. The van der Waals surface area contributed by atoms with Gasteiger partial charge < -0.3 is 10.2 Å². The van der Waals surface area contributed by atoms with Crippen molar-refractivity contribution in [1.82, 2.24) is 0 Å². The number of alkyl halides is 1. The van der Waals surface area contributed by atoms with Crippen molar-refractivity contribution in [3.05, 3.63) is 11.6 Å². The number of rotatable bonds is 2. The largest absolute Gasteiger partial charge is 0.395 e. The van der Waals surface area contributed by atoms with Crippen LogP contribution in [0.5, 0.6) is 0 Å². The lowest BCUT2D eigenvalue weighted by molar-refractivity contribution is -0.142. The van der Waals surface area contributed by atoms with Crippen LogP contribution in [0, 0.1) is 28.6 Å². The number of aliphatic hydroxyl groups is 2. The van der Waals surface area contributed by atoms with Crippen LogP contribution in [0.25, 0.3) is 0 Å². The van der Waals surface area contributed by atoms with Crippen LogP contribution in [-0.2, 0) is 9.59 Å². The third-order valence-corrected chi connectivity index (χ3v) is 10.0. The molecule has 4 rings (SSSR count). The summed E-state index contributed by atoms with van der Waals surface area (Å²) in [4.78, 5) is 24.2. The van der Waals surface area contributed by atoms with Crippen molar-refractivity contribution >= 4 is 38.6 Å². The van der Waals surface area contributed by atoms with Crippen molar-refractivity contribution < 1.29 is 19.8 Å². The first-order valence-electron chi connectivity index (χ1n) is 10.1. The standard InChI is InChI=1S/C21H29BrO4S/c1-11(24)27-13-3-5-20(2)12(7-13)8-17(25)18-14(20)4-6-21(10-23)15(18)9-16(22)19(21)26/h8,13-18,23,25H,3-7,9-10H2,1-2H3/t13-,14?,15?,16+,17-,18?,20-,21+/m0/s1. The Morgan fingerprint density at radius 2 is 2.07 bits per heavy atom. The van der Waals surface area contributed by atoms with Gasteiger partial charge >= 0.3 is 0 Å². The predicted molar refractivity (Wildman–Crippen MR) is 110 cm³/mol. The van der Waals surface area contributed by atoms with E-state index in [1.165, 1.54) is 17.3 Å². The van der Waals surface area contributed by atoms with E-state index in [-0.39, 0.29) is 39.6 Å². The van der Waals surface area contributed by atoms with Crippen LogP contribution in [-0.4, -0.2) is 43.9 Å². The zero-order valence-electron chi connectivity index (χ0n) is 16.0. The number of ketones is 1. The maximum absolute atomic E-state index is 12.8. The van der Waals surface area contributed by atoms with Crippen LogP contribution in [0.15, 0.2) is 11.6 Å². The number of fused-ring (bicyclic) bond motifs is 5. The van der Waals surface area contributed by atoms with Gasteiger partial charge in [0.25, 0.3) is 0 Å². The van der Waals surface area contributed by atoms with E-state index >= 15 is 0 Å². The summed E-state index contributed by atoms with van der Waals surface area (Å²) in [7, 11) is 0. The number of thioether (sulfide) groups is 1. The van der Waals surface area contributed by atoms with Gasteiger partial charge in [-0.3, -0.25) is 9.59 Å². The number of Topliss-reactive ketones (excluding diaryl/α,β-unsaturated/α-hetero) is 1. The van der Waals surface area contributed by atoms with Crippen LogP contribution in [0.2, 0.25) is 0 Å². The van der Waals surface area contributed by atoms with Crippen molar-refractivity contribution in [3.63, 3.8) is 0 Å². The smallest absolute Gasteiger partial charge is 0.186 e. The van der Waals surface area contributed by atoms with Crippen LogP contribution in [0.3, 0.4) is 0 Å². The predicted octanol–water partition coefficient (Wildman–Crippen LogP) is 3.48. The molecule has 150 valence electrons. The van der Waals surface area contributed by atoms with Crippen LogP contribution in [0.4, 0.5) is 0 Å². The molecule has 3 saturated carbocycles. The maximum atomic E-state index is 12.8. The highest BCUT2D eigenvalue weighted by atomic mass is 79.9. The molecule has 0 heterocycles. The van der Waals surface area contributed by atoms with Gasteiger partial charge in [0.15, 0.2) is 10.9 Å². The van der Waals surface area contributed by atoms with Crippen molar-refractivity contribution in [2.24, 2.45) is 28.6 Å². The third-order valence-electron chi connectivity index (χ3n) is 8.14. The Balaban J connectivity index is 1.67. The third kappa shape index (κ3) is 2.92. The Morgan fingerprint density at radius 1 is 1.33 bits per heavy atom. The van der Waals surface area contributed by atoms with Gasteiger partial charge in [0.1, 0.15) is 0 Å². The van der Waals surface area contributed by atoms with Gasteiger partial charge in [-0.05, 0) is 61.7 Å². The first kappa shape index (κ1) is 20.1. The Morgan fingerprint density at radius 3 is 2.74 bits per heavy atom. The molecular formula is C21H29BrO4S. The number of aliphatic hydroxyl groups excluding tert-OH is 2. The molecule has 0 bridgehead atoms. The molecule has 0 amide bonds. The number of hydrogen-bond donors (Lipinski definition) is 2. The van der Waals surface area contributed by atoms with E-state index < -0.39 is 11.5 Å². The quantitative estimate of drug-likeness (QED) is 0.491. The molecule has 0 saturated heterocycles. The van der Waals surface area contributed by atoms with Crippen molar-refractivity contribution in [1.29, 1.82) is 0 Å². The number of halogens is 1. The molecule has 6 heteroatoms. The average Bonchev–Trinajstić information content (AvgIpc) is 2.87. The first-order valence-corrected chi connectivity index (χ1v) is 11.9. The van der Waals surface area contributed by atoms with E-state index in [0.717, 1.165) is 32.1 Å². The molecule has 8 atom stereocenters. The normalized spacial score (nSPS) is 49.1. The minimum Gasteiger partial charge on any atom is -0.395 e. The number of allylic oxidation sites excluding steroid dienone is 1. The molecule has 0 spiro atoms. The second-order valence-electron chi connectivity index (χ2n) is 9.28. The maximum Gasteiger partial charge on any atom is 0.186 e. The summed E-state index contributed by atoms with van der Waals surface area (Å²) in [6, 6.07) is 0. The summed E-state index contributed by atoms with van der Waals surface area (Å²) in [5.41, 5.74) is 0.657. The molecule has 3 fully saturated rings. The summed E-state index contributed by atoms with van der Waals surface area (Å²) >= 11 is 4.96. The van der Waals surface area contributed by atoms with Crippen LogP contribution >= 0.6 is 27.7 Å². The van der Waals surface area contributed by atoms with E-state index in [1.807, 2.05) is 6.08 Å². The lowest BCUT2D eigenvalue weighted by atomic mass is 9.47. The molecule has 4 aliphatic carbocycles. The van der Waals surface area contributed by atoms with Gasteiger partial charge in [0.05, 0.1) is 23.0 Å². The molecule has 0 radical (unpaired) electrons. The molecule has 0 aromatic rings. The Labute approximate surface area is 173 Å². The molecular weight excluding hydrogens is 428 g/mol. The lowest BCUT2D eigenvalue weighted by Gasteiger charge is -2.58. The Kier molecular flexibility index (Phi) is 5.19. The van der Waals surface area contributed by atoms with Gasteiger partial charge in [-0.25, -0.2) is 0 Å². The zero-order valence-corrected chi connectivity index (χ0v) is 18.4.